The van der Waals surface area contributed by atoms with Crippen LogP contribution in [-0.2, 0) is 6.54 Å². The number of nitrogens with one attached hydrogen (secondary N) is 1. The van der Waals surface area contributed by atoms with Crippen molar-refractivity contribution in [2.45, 2.75) is 50.3 Å². The van der Waals surface area contributed by atoms with E-state index in [9.17, 15) is 18.3 Å². The van der Waals surface area contributed by atoms with E-state index >= 15 is 0 Å². The van der Waals surface area contributed by atoms with Crippen LogP contribution in [0.25, 0.3) is 22.3 Å². The number of aryl methyl sites for hydroxylation is 1. The molecule has 11 heteroatoms. The minimum Gasteiger partial charge on any atom is -0.391 e. The maximum absolute atomic E-state index is 15.0. The largest absolute Gasteiger partial charge is 0.391 e. The Bertz CT molecular complexity index is 1190. The molecule has 7 nitrogen and oxygen atoms in total. The molecule has 1 aliphatic heterocycles. The normalized spacial score (nSPS) is 22.8. The first-order chi connectivity index (χ1) is 15.2. The number of anilines is 2. The average Bonchev–Trinajstić information content (AvgIpc) is 3.12. The highest BCUT2D eigenvalue weighted by Gasteiger charge is 2.41. The van der Waals surface area contributed by atoms with Crippen molar-refractivity contribution in [1.29, 1.82) is 0 Å². The highest BCUT2D eigenvalue weighted by atomic mass is 35.5. The van der Waals surface area contributed by atoms with Crippen LogP contribution in [-0.4, -0.2) is 56.3 Å². The molecular weight excluding hydrogens is 445 g/mol. The van der Waals surface area contributed by atoms with Gasteiger partial charge in [-0.2, -0.15) is 0 Å². The summed E-state index contributed by atoms with van der Waals surface area (Å²) in [4.78, 5) is 15.0. The van der Waals surface area contributed by atoms with E-state index in [1.807, 2.05) is 16.5 Å². The van der Waals surface area contributed by atoms with Gasteiger partial charge in [-0.15, -0.1) is 0 Å². The number of imidazole rings is 1. The highest BCUT2D eigenvalue weighted by molar-refractivity contribution is 6.33. The summed E-state index contributed by atoms with van der Waals surface area (Å²) >= 11 is 6.33. The Labute approximate surface area is 187 Å². The molecule has 2 atom stereocenters. The number of fused-ring (bicyclic) bond motifs is 3. The van der Waals surface area contributed by atoms with Crippen LogP contribution in [0.15, 0.2) is 18.3 Å². The zero-order valence-electron chi connectivity index (χ0n) is 17.3. The van der Waals surface area contributed by atoms with Gasteiger partial charge in [-0.1, -0.05) is 11.6 Å². The average molecular weight is 467 g/mol. The molecular formula is C21H22ClF3N6O. The van der Waals surface area contributed by atoms with Crippen LogP contribution in [0.3, 0.4) is 0 Å². The lowest BCUT2D eigenvalue weighted by Crippen LogP contribution is -2.44. The Morgan fingerprint density at radius 2 is 2.06 bits per heavy atom. The van der Waals surface area contributed by atoms with E-state index in [1.54, 1.807) is 6.07 Å². The predicted octanol–water partition coefficient (Wildman–Crippen LogP) is 4.09. The fourth-order valence-electron chi connectivity index (χ4n) is 4.47. The van der Waals surface area contributed by atoms with Gasteiger partial charge in [0.2, 0.25) is 11.9 Å². The molecule has 170 valence electrons. The zero-order valence-corrected chi connectivity index (χ0v) is 18.1. The van der Waals surface area contributed by atoms with E-state index in [2.05, 4.69) is 20.3 Å². The molecule has 1 fully saturated rings. The van der Waals surface area contributed by atoms with Crippen LogP contribution in [0.1, 0.15) is 25.7 Å². The van der Waals surface area contributed by atoms with Crippen LogP contribution in [0.2, 0.25) is 5.02 Å². The maximum atomic E-state index is 15.0. The van der Waals surface area contributed by atoms with Crippen LogP contribution in [0.4, 0.5) is 25.1 Å². The van der Waals surface area contributed by atoms with Crippen molar-refractivity contribution in [2.24, 2.45) is 0 Å². The summed E-state index contributed by atoms with van der Waals surface area (Å²) in [6.45, 7) is 1.58. The molecule has 32 heavy (non-hydrogen) atoms. The molecule has 0 unspecified atom stereocenters. The van der Waals surface area contributed by atoms with Gasteiger partial charge in [0.1, 0.15) is 5.52 Å². The van der Waals surface area contributed by atoms with Gasteiger partial charge < -0.3 is 19.9 Å². The summed E-state index contributed by atoms with van der Waals surface area (Å²) in [6, 6.07) is 2.51. The Hall–Kier alpha value is -2.59. The molecule has 1 saturated carbocycles. The lowest BCUT2D eigenvalue weighted by Gasteiger charge is -2.33. The third-order valence-corrected chi connectivity index (χ3v) is 6.41. The molecule has 1 aliphatic carbocycles. The van der Waals surface area contributed by atoms with Gasteiger partial charge in [-0.25, -0.2) is 28.1 Å². The molecule has 5 rings (SSSR count). The van der Waals surface area contributed by atoms with Crippen molar-refractivity contribution < 1.29 is 18.3 Å². The molecule has 0 spiro atoms. The van der Waals surface area contributed by atoms with Gasteiger partial charge in [0.25, 0.3) is 5.92 Å². The molecule has 2 N–H and O–H groups in total. The first kappa shape index (κ1) is 21.3. The van der Waals surface area contributed by atoms with Crippen LogP contribution >= 0.6 is 11.6 Å². The van der Waals surface area contributed by atoms with Crippen molar-refractivity contribution in [3.8, 4) is 11.3 Å². The number of benzene rings is 1. The number of hydrogen-bond donors (Lipinski definition) is 2. The van der Waals surface area contributed by atoms with Gasteiger partial charge in [-0.05, 0) is 25.0 Å². The predicted molar refractivity (Wildman–Crippen MR) is 116 cm³/mol. The molecule has 1 aromatic carbocycles. The molecule has 2 aliphatic rings. The minimum atomic E-state index is -2.88. The van der Waals surface area contributed by atoms with Crippen LogP contribution in [0, 0.1) is 5.82 Å². The summed E-state index contributed by atoms with van der Waals surface area (Å²) in [5.41, 5.74) is 1.69. The van der Waals surface area contributed by atoms with Gasteiger partial charge in [0.15, 0.2) is 5.82 Å². The Kier molecular flexibility index (Phi) is 5.16. The fourth-order valence-corrected chi connectivity index (χ4v) is 4.67. The van der Waals surface area contributed by atoms with E-state index in [4.69, 9.17) is 11.6 Å². The number of alkyl halides is 2. The van der Waals surface area contributed by atoms with E-state index in [0.29, 0.717) is 22.7 Å². The monoisotopic (exact) mass is 466 g/mol. The van der Waals surface area contributed by atoms with Crippen molar-refractivity contribution in [1.82, 2.24) is 19.5 Å². The zero-order chi connectivity index (χ0) is 22.6. The van der Waals surface area contributed by atoms with Crippen LogP contribution in [0.5, 0.6) is 0 Å². The number of rotatable bonds is 3. The fraction of sp³-hybridized carbons (Fsp3) is 0.476. The van der Waals surface area contributed by atoms with E-state index in [1.165, 1.54) is 12.3 Å². The molecule has 2 aromatic heterocycles. The number of nitrogens with zero attached hydrogens (tertiary/aromatic N) is 5. The molecule has 0 radical (unpaired) electrons. The Morgan fingerprint density at radius 1 is 1.25 bits per heavy atom. The number of aromatic nitrogens is 4. The summed E-state index contributed by atoms with van der Waals surface area (Å²) in [6.07, 6.45) is 0.193. The van der Waals surface area contributed by atoms with Crippen molar-refractivity contribution >= 4 is 34.5 Å². The molecule has 0 bridgehead atoms. The summed E-state index contributed by atoms with van der Waals surface area (Å²) in [7, 11) is 1.92. The summed E-state index contributed by atoms with van der Waals surface area (Å²) in [5.74, 6) is -2.52. The van der Waals surface area contributed by atoms with Gasteiger partial charge in [0, 0.05) is 38.5 Å². The number of halogens is 4. The first-order valence-corrected chi connectivity index (χ1v) is 10.9. The van der Waals surface area contributed by atoms with E-state index in [0.717, 1.165) is 19.5 Å². The smallest absolute Gasteiger partial charge is 0.250 e. The Morgan fingerprint density at radius 3 is 2.84 bits per heavy atom. The number of hydrogen-bond acceptors (Lipinski definition) is 6. The van der Waals surface area contributed by atoms with Crippen molar-refractivity contribution in [3.05, 3.63) is 29.2 Å². The molecule has 0 saturated heterocycles. The number of aliphatic hydroxyl groups excluding tert-OH is 1. The molecule has 3 heterocycles. The minimum absolute atomic E-state index is 0.0750. The van der Waals surface area contributed by atoms with Crippen molar-refractivity contribution in [3.63, 3.8) is 0 Å². The third-order valence-electron chi connectivity index (χ3n) is 6.13. The number of aliphatic hydroxyl groups is 1. The van der Waals surface area contributed by atoms with E-state index < -0.39 is 30.3 Å². The van der Waals surface area contributed by atoms with E-state index in [-0.39, 0.29) is 29.3 Å². The third kappa shape index (κ3) is 3.75. The lowest BCUT2D eigenvalue weighted by molar-refractivity contribution is -0.0800. The molecule has 3 aromatic rings. The highest BCUT2D eigenvalue weighted by Crippen LogP contribution is 2.36. The first-order valence-electron chi connectivity index (χ1n) is 10.5. The van der Waals surface area contributed by atoms with Gasteiger partial charge in [0.05, 0.1) is 34.6 Å². The standard InChI is InChI=1S/C21H22ClF3N6O/c1-30-5-2-6-31-15-8-11(7-13(23)18(15)29-20(30)31)17-12(22)10-26-19(28-17)27-14-3-4-21(24,25)9-16(14)32/h7-8,10,14,16,32H,2-6,9H2,1H3,(H,26,27,28)/t14-,16-/m0/s1. The quantitative estimate of drug-likeness (QED) is 0.605. The lowest BCUT2D eigenvalue weighted by atomic mass is 9.90. The topological polar surface area (TPSA) is 79.1 Å². The second-order valence-electron chi connectivity index (χ2n) is 8.47. The van der Waals surface area contributed by atoms with Gasteiger partial charge >= 0.3 is 0 Å². The SMILES string of the molecule is CN1CCCn2c1nc1c(F)cc(-c3nc(N[C@H]4CCC(F)(F)C[C@@H]4O)ncc3Cl)cc12. The summed E-state index contributed by atoms with van der Waals surface area (Å²) < 4.78 is 44.0. The van der Waals surface area contributed by atoms with Crippen molar-refractivity contribution in [2.75, 3.05) is 23.8 Å². The maximum Gasteiger partial charge on any atom is 0.250 e. The molecule has 0 amide bonds. The Balaban J connectivity index is 1.50. The van der Waals surface area contributed by atoms with Gasteiger partial charge in [-0.3, -0.25) is 0 Å². The summed E-state index contributed by atoms with van der Waals surface area (Å²) in [5, 5.41) is 13.2. The van der Waals surface area contributed by atoms with Crippen LogP contribution < -0.4 is 10.2 Å². The second kappa shape index (κ2) is 7.77. The second-order valence-corrected chi connectivity index (χ2v) is 8.88.